The van der Waals surface area contributed by atoms with Gasteiger partial charge in [-0.1, -0.05) is 28.9 Å². The molecule has 3 nitrogen and oxygen atoms in total. The van der Waals surface area contributed by atoms with E-state index in [1.165, 1.54) is 0 Å². The molecule has 0 N–H and O–H groups in total. The SMILES string of the molecule is Cc1ccc(Br)cc1OCC(C)CS(=O)(=O)Cl. The second kappa shape index (κ2) is 6.07. The van der Waals surface area contributed by atoms with E-state index in [0.29, 0.717) is 6.61 Å². The molecule has 0 bridgehead atoms. The van der Waals surface area contributed by atoms with Crippen molar-refractivity contribution in [2.24, 2.45) is 5.92 Å². The van der Waals surface area contributed by atoms with Crippen LogP contribution in [0.1, 0.15) is 12.5 Å². The second-order valence-electron chi connectivity index (χ2n) is 4.03. The Bertz CT molecular complexity index is 487. The van der Waals surface area contributed by atoms with Gasteiger partial charge in [0.15, 0.2) is 0 Å². The Morgan fingerprint density at radius 2 is 2.12 bits per heavy atom. The minimum Gasteiger partial charge on any atom is -0.493 e. The molecule has 0 fully saturated rings. The molecule has 1 aromatic rings. The number of hydrogen-bond donors (Lipinski definition) is 0. The fourth-order valence-corrected chi connectivity index (χ4v) is 3.11. The van der Waals surface area contributed by atoms with Gasteiger partial charge in [-0.3, -0.25) is 0 Å². The molecule has 0 aliphatic carbocycles. The molecule has 1 aromatic carbocycles. The number of benzene rings is 1. The lowest BCUT2D eigenvalue weighted by Gasteiger charge is -2.13. The van der Waals surface area contributed by atoms with E-state index >= 15 is 0 Å². The second-order valence-corrected chi connectivity index (χ2v) is 7.77. The summed E-state index contributed by atoms with van der Waals surface area (Å²) in [6.45, 7) is 4.04. The van der Waals surface area contributed by atoms with E-state index in [2.05, 4.69) is 15.9 Å². The topological polar surface area (TPSA) is 43.4 Å². The summed E-state index contributed by atoms with van der Waals surface area (Å²) >= 11 is 3.36. The average Bonchev–Trinajstić information content (AvgIpc) is 2.17. The van der Waals surface area contributed by atoms with Gasteiger partial charge in [-0.15, -0.1) is 0 Å². The molecule has 0 heterocycles. The van der Waals surface area contributed by atoms with Gasteiger partial charge in [0.1, 0.15) is 5.75 Å². The Morgan fingerprint density at radius 1 is 1.47 bits per heavy atom. The van der Waals surface area contributed by atoms with E-state index < -0.39 is 9.05 Å². The molecule has 1 atom stereocenters. The lowest BCUT2D eigenvalue weighted by atomic mass is 10.2. The summed E-state index contributed by atoms with van der Waals surface area (Å²) in [5, 5.41) is 0. The van der Waals surface area contributed by atoms with Crippen molar-refractivity contribution >= 4 is 35.7 Å². The van der Waals surface area contributed by atoms with E-state index in [-0.39, 0.29) is 11.7 Å². The lowest BCUT2D eigenvalue weighted by molar-refractivity contribution is 0.270. The third-order valence-electron chi connectivity index (χ3n) is 2.16. The highest BCUT2D eigenvalue weighted by molar-refractivity contribution is 9.10. The maximum atomic E-state index is 10.9. The normalized spacial score (nSPS) is 13.4. The Kier molecular flexibility index (Phi) is 5.28. The van der Waals surface area contributed by atoms with E-state index in [1.54, 1.807) is 6.92 Å². The van der Waals surface area contributed by atoms with Crippen molar-refractivity contribution in [3.63, 3.8) is 0 Å². The predicted octanol–water partition coefficient (Wildman–Crippen LogP) is 3.34. The van der Waals surface area contributed by atoms with Crippen LogP contribution in [0.25, 0.3) is 0 Å². The highest BCUT2D eigenvalue weighted by atomic mass is 79.9. The third-order valence-corrected chi connectivity index (χ3v) is 4.00. The molecule has 1 unspecified atom stereocenters. The smallest absolute Gasteiger partial charge is 0.232 e. The Morgan fingerprint density at radius 3 is 2.71 bits per heavy atom. The zero-order valence-corrected chi connectivity index (χ0v) is 12.8. The van der Waals surface area contributed by atoms with Gasteiger partial charge in [0.05, 0.1) is 12.4 Å². The van der Waals surface area contributed by atoms with Crippen molar-refractivity contribution in [3.05, 3.63) is 28.2 Å². The van der Waals surface area contributed by atoms with Crippen molar-refractivity contribution in [3.8, 4) is 5.75 Å². The molecule has 6 heteroatoms. The van der Waals surface area contributed by atoms with Gasteiger partial charge in [-0.25, -0.2) is 8.42 Å². The van der Waals surface area contributed by atoms with Crippen LogP contribution >= 0.6 is 26.6 Å². The summed E-state index contributed by atoms with van der Waals surface area (Å²) in [6, 6.07) is 5.72. The minimum absolute atomic E-state index is 0.0817. The summed E-state index contributed by atoms with van der Waals surface area (Å²) in [5.41, 5.74) is 1.01. The highest BCUT2D eigenvalue weighted by Gasteiger charge is 2.13. The standard InChI is InChI=1S/C11H14BrClO3S/c1-8(7-17(13,14)15)6-16-11-5-10(12)4-3-9(11)2/h3-5,8H,6-7H2,1-2H3. The van der Waals surface area contributed by atoms with Gasteiger partial charge in [-0.05, 0) is 24.6 Å². The van der Waals surface area contributed by atoms with Crippen LogP contribution in [0.2, 0.25) is 0 Å². The van der Waals surface area contributed by atoms with Crippen molar-refractivity contribution in [2.45, 2.75) is 13.8 Å². The molecule has 1 rings (SSSR count). The fraction of sp³-hybridized carbons (Fsp3) is 0.455. The zero-order valence-electron chi connectivity index (χ0n) is 9.61. The van der Waals surface area contributed by atoms with Crippen molar-refractivity contribution in [2.75, 3.05) is 12.4 Å². The van der Waals surface area contributed by atoms with Gasteiger partial charge in [0.25, 0.3) is 0 Å². The summed E-state index contributed by atoms with van der Waals surface area (Å²) in [5.74, 6) is 0.524. The zero-order chi connectivity index (χ0) is 13.1. The molecule has 0 radical (unpaired) electrons. The van der Waals surface area contributed by atoms with Crippen LogP contribution in [0.3, 0.4) is 0 Å². The average molecular weight is 342 g/mol. The lowest BCUT2D eigenvalue weighted by Crippen LogP contribution is -2.16. The Balaban J connectivity index is 2.58. The largest absolute Gasteiger partial charge is 0.493 e. The van der Waals surface area contributed by atoms with E-state index in [0.717, 1.165) is 15.8 Å². The van der Waals surface area contributed by atoms with Crippen LogP contribution in [0.15, 0.2) is 22.7 Å². The fourth-order valence-electron chi connectivity index (χ4n) is 1.35. The van der Waals surface area contributed by atoms with Gasteiger partial charge in [-0.2, -0.15) is 0 Å². The summed E-state index contributed by atoms with van der Waals surface area (Å²) in [7, 11) is 1.71. The molecule has 0 spiro atoms. The van der Waals surface area contributed by atoms with Crippen LogP contribution in [-0.4, -0.2) is 20.8 Å². The third kappa shape index (κ3) is 5.75. The summed E-state index contributed by atoms with van der Waals surface area (Å²) < 4.78 is 28.3. The number of ether oxygens (including phenoxy) is 1. The molecule has 0 amide bonds. The Hall–Kier alpha value is -0.260. The molecular formula is C11H14BrClO3S. The first-order valence-electron chi connectivity index (χ1n) is 5.09. The van der Waals surface area contributed by atoms with Crippen molar-refractivity contribution in [1.82, 2.24) is 0 Å². The van der Waals surface area contributed by atoms with E-state index in [4.69, 9.17) is 15.4 Å². The minimum atomic E-state index is -3.46. The van der Waals surface area contributed by atoms with Crippen molar-refractivity contribution in [1.29, 1.82) is 0 Å². The van der Waals surface area contributed by atoms with Crippen LogP contribution in [0, 0.1) is 12.8 Å². The van der Waals surface area contributed by atoms with Gasteiger partial charge < -0.3 is 4.74 Å². The molecule has 17 heavy (non-hydrogen) atoms. The van der Waals surface area contributed by atoms with Gasteiger partial charge in [0.2, 0.25) is 9.05 Å². The maximum absolute atomic E-state index is 10.9. The number of halogens is 2. The molecule has 0 aromatic heterocycles. The van der Waals surface area contributed by atoms with Crippen molar-refractivity contribution < 1.29 is 13.2 Å². The van der Waals surface area contributed by atoms with Crippen LogP contribution in [-0.2, 0) is 9.05 Å². The quantitative estimate of drug-likeness (QED) is 0.772. The molecule has 0 saturated heterocycles. The van der Waals surface area contributed by atoms with Crippen LogP contribution in [0.5, 0.6) is 5.75 Å². The molecule has 0 saturated carbocycles. The predicted molar refractivity (Wildman–Crippen MR) is 73.2 cm³/mol. The maximum Gasteiger partial charge on any atom is 0.232 e. The number of hydrogen-bond acceptors (Lipinski definition) is 3. The molecule has 0 aliphatic heterocycles. The number of aryl methyl sites for hydroxylation is 1. The monoisotopic (exact) mass is 340 g/mol. The first kappa shape index (κ1) is 14.8. The molecule has 0 aliphatic rings. The van der Waals surface area contributed by atoms with Crippen LogP contribution < -0.4 is 4.74 Å². The molecular weight excluding hydrogens is 328 g/mol. The van der Waals surface area contributed by atoms with Gasteiger partial charge >= 0.3 is 0 Å². The van der Waals surface area contributed by atoms with E-state index in [9.17, 15) is 8.42 Å². The van der Waals surface area contributed by atoms with Crippen LogP contribution in [0.4, 0.5) is 0 Å². The highest BCUT2D eigenvalue weighted by Crippen LogP contribution is 2.23. The van der Waals surface area contributed by atoms with Gasteiger partial charge in [0, 0.05) is 21.1 Å². The summed E-state index contributed by atoms with van der Waals surface area (Å²) in [6.07, 6.45) is 0. The first-order valence-corrected chi connectivity index (χ1v) is 8.36. The first-order chi connectivity index (χ1) is 7.78. The van der Waals surface area contributed by atoms with E-state index in [1.807, 2.05) is 25.1 Å². The Labute approximate surface area is 115 Å². The molecule has 96 valence electrons. The summed E-state index contributed by atoms with van der Waals surface area (Å²) in [4.78, 5) is 0. The number of rotatable bonds is 5.